The van der Waals surface area contributed by atoms with E-state index in [2.05, 4.69) is 5.92 Å². The molecule has 1 aromatic carbocycles. The minimum Gasteiger partial charge on any atom is -0.496 e. The molecule has 68 valence electrons. The van der Waals surface area contributed by atoms with Crippen LogP contribution in [0.5, 0.6) is 5.75 Å². The Morgan fingerprint density at radius 1 is 1.54 bits per heavy atom. The smallest absolute Gasteiger partial charge is 0.123 e. The molecular weight excluding hydrogens is 167 g/mol. The molecule has 1 nitrogen and oxygen atoms in total. The Labute approximate surface area is 77.5 Å². The molecule has 0 aliphatic rings. The zero-order valence-electron chi connectivity index (χ0n) is 7.67. The van der Waals surface area contributed by atoms with Gasteiger partial charge in [0.05, 0.1) is 7.11 Å². The highest BCUT2D eigenvalue weighted by Gasteiger charge is 2.09. The minimum atomic E-state index is -0.294. The van der Waals surface area contributed by atoms with Crippen molar-refractivity contribution in [2.75, 3.05) is 7.11 Å². The lowest BCUT2D eigenvalue weighted by Gasteiger charge is -2.10. The number of terminal acetylenes is 1. The summed E-state index contributed by atoms with van der Waals surface area (Å²) in [5.41, 5.74) is 0.713. The Hall–Kier alpha value is -1.49. The summed E-state index contributed by atoms with van der Waals surface area (Å²) in [4.78, 5) is 0. The van der Waals surface area contributed by atoms with E-state index in [4.69, 9.17) is 11.2 Å². The number of ether oxygens (including phenoxy) is 1. The molecule has 0 spiro atoms. The van der Waals surface area contributed by atoms with Gasteiger partial charge in [-0.2, -0.15) is 0 Å². The maximum Gasteiger partial charge on any atom is 0.123 e. The van der Waals surface area contributed by atoms with E-state index in [0.29, 0.717) is 11.3 Å². The molecule has 0 aliphatic heterocycles. The fourth-order valence-corrected chi connectivity index (χ4v) is 1.13. The third kappa shape index (κ3) is 2.00. The Balaban J connectivity index is 3.17. The molecule has 1 unspecified atom stereocenters. The molecule has 2 heteroatoms. The molecular formula is C11H11FO. The second-order valence-electron chi connectivity index (χ2n) is 2.77. The van der Waals surface area contributed by atoms with Gasteiger partial charge < -0.3 is 4.74 Å². The normalized spacial score (nSPS) is 11.8. The number of halogens is 1. The Kier molecular flexibility index (Phi) is 2.92. The molecule has 0 heterocycles. The van der Waals surface area contributed by atoms with E-state index < -0.39 is 0 Å². The number of rotatable bonds is 2. The standard InChI is InChI=1S/C11H11FO/c1-4-8(2)10-7-9(12)5-6-11(10)13-3/h1,5-8H,2-3H3. The van der Waals surface area contributed by atoms with Gasteiger partial charge in [0.15, 0.2) is 0 Å². The lowest BCUT2D eigenvalue weighted by Crippen LogP contribution is -1.96. The number of benzene rings is 1. The van der Waals surface area contributed by atoms with Crippen LogP contribution < -0.4 is 4.74 Å². The third-order valence-electron chi connectivity index (χ3n) is 1.91. The van der Waals surface area contributed by atoms with Gasteiger partial charge in [0.25, 0.3) is 0 Å². The third-order valence-corrected chi connectivity index (χ3v) is 1.91. The molecule has 1 atom stereocenters. The van der Waals surface area contributed by atoms with Crippen LogP contribution in [0.25, 0.3) is 0 Å². The highest BCUT2D eigenvalue weighted by atomic mass is 19.1. The van der Waals surface area contributed by atoms with E-state index in [1.807, 2.05) is 6.92 Å². The van der Waals surface area contributed by atoms with Crippen molar-refractivity contribution < 1.29 is 9.13 Å². The summed E-state index contributed by atoms with van der Waals surface area (Å²) in [5, 5.41) is 0. The molecule has 0 N–H and O–H groups in total. The van der Waals surface area contributed by atoms with Crippen LogP contribution in [0.1, 0.15) is 18.4 Å². The van der Waals surface area contributed by atoms with Crippen LogP contribution in [0.15, 0.2) is 18.2 Å². The number of hydrogen-bond acceptors (Lipinski definition) is 1. The van der Waals surface area contributed by atoms with E-state index in [-0.39, 0.29) is 11.7 Å². The van der Waals surface area contributed by atoms with E-state index in [9.17, 15) is 4.39 Å². The van der Waals surface area contributed by atoms with Gasteiger partial charge in [-0.15, -0.1) is 6.42 Å². The summed E-state index contributed by atoms with van der Waals surface area (Å²) in [6.45, 7) is 1.83. The second kappa shape index (κ2) is 3.95. The summed E-state index contributed by atoms with van der Waals surface area (Å²) in [7, 11) is 1.54. The van der Waals surface area contributed by atoms with Crippen LogP contribution in [0.3, 0.4) is 0 Å². The van der Waals surface area contributed by atoms with Crippen LogP contribution in [-0.4, -0.2) is 7.11 Å². The van der Waals surface area contributed by atoms with Crippen LogP contribution in [0.2, 0.25) is 0 Å². The zero-order chi connectivity index (χ0) is 9.84. The van der Waals surface area contributed by atoms with Gasteiger partial charge in [-0.3, -0.25) is 0 Å². The Morgan fingerprint density at radius 2 is 2.23 bits per heavy atom. The summed E-state index contributed by atoms with van der Waals surface area (Å²) in [6.07, 6.45) is 5.25. The first kappa shape index (κ1) is 9.60. The average molecular weight is 178 g/mol. The predicted octanol–water partition coefficient (Wildman–Crippen LogP) is 2.57. The molecule has 1 rings (SSSR count). The quantitative estimate of drug-likeness (QED) is 0.632. The molecule has 0 saturated carbocycles. The number of methoxy groups -OCH3 is 1. The van der Waals surface area contributed by atoms with Crippen molar-refractivity contribution >= 4 is 0 Å². The molecule has 1 aromatic rings. The fourth-order valence-electron chi connectivity index (χ4n) is 1.13. The molecule has 13 heavy (non-hydrogen) atoms. The minimum absolute atomic E-state index is 0.134. The molecule has 0 aromatic heterocycles. The van der Waals surface area contributed by atoms with Crippen LogP contribution in [0, 0.1) is 18.2 Å². The van der Waals surface area contributed by atoms with Gasteiger partial charge in [0.1, 0.15) is 11.6 Å². The monoisotopic (exact) mass is 178 g/mol. The maximum absolute atomic E-state index is 12.9. The Morgan fingerprint density at radius 3 is 2.77 bits per heavy atom. The van der Waals surface area contributed by atoms with Crippen LogP contribution in [-0.2, 0) is 0 Å². The maximum atomic E-state index is 12.9. The lowest BCUT2D eigenvalue weighted by molar-refractivity contribution is 0.407. The first-order valence-corrected chi connectivity index (χ1v) is 3.98. The van der Waals surface area contributed by atoms with Crippen molar-refractivity contribution in [1.82, 2.24) is 0 Å². The molecule has 0 aliphatic carbocycles. The SMILES string of the molecule is C#CC(C)c1cc(F)ccc1OC. The average Bonchev–Trinajstić information content (AvgIpc) is 2.16. The van der Waals surface area contributed by atoms with Gasteiger partial charge in [-0.05, 0) is 25.1 Å². The Bertz CT molecular complexity index is 338. The van der Waals surface area contributed by atoms with Crippen LogP contribution >= 0.6 is 0 Å². The zero-order valence-corrected chi connectivity index (χ0v) is 7.67. The second-order valence-corrected chi connectivity index (χ2v) is 2.77. The van der Waals surface area contributed by atoms with Gasteiger partial charge in [-0.25, -0.2) is 4.39 Å². The van der Waals surface area contributed by atoms with Crippen LogP contribution in [0.4, 0.5) is 4.39 Å². The topological polar surface area (TPSA) is 9.23 Å². The van der Waals surface area contributed by atoms with Crippen molar-refractivity contribution in [2.45, 2.75) is 12.8 Å². The molecule has 0 radical (unpaired) electrons. The molecule has 0 fully saturated rings. The summed E-state index contributed by atoms with van der Waals surface area (Å²) in [6, 6.07) is 4.34. The van der Waals surface area contributed by atoms with Crippen molar-refractivity contribution in [3.63, 3.8) is 0 Å². The first-order valence-electron chi connectivity index (χ1n) is 3.98. The van der Waals surface area contributed by atoms with Crippen molar-refractivity contribution in [1.29, 1.82) is 0 Å². The summed E-state index contributed by atoms with van der Waals surface area (Å²) in [5.74, 6) is 2.74. The van der Waals surface area contributed by atoms with Crippen molar-refractivity contribution in [2.24, 2.45) is 0 Å². The highest BCUT2D eigenvalue weighted by Crippen LogP contribution is 2.26. The largest absolute Gasteiger partial charge is 0.496 e. The molecule has 0 amide bonds. The van der Waals surface area contributed by atoms with E-state index in [1.54, 1.807) is 13.2 Å². The molecule has 0 bridgehead atoms. The van der Waals surface area contributed by atoms with Gasteiger partial charge in [0, 0.05) is 11.5 Å². The van der Waals surface area contributed by atoms with Gasteiger partial charge in [-0.1, -0.05) is 5.92 Å². The number of hydrogen-bond donors (Lipinski definition) is 0. The van der Waals surface area contributed by atoms with E-state index in [1.165, 1.54) is 12.1 Å². The van der Waals surface area contributed by atoms with E-state index >= 15 is 0 Å². The predicted molar refractivity (Wildman–Crippen MR) is 50.2 cm³/mol. The van der Waals surface area contributed by atoms with Gasteiger partial charge in [0.2, 0.25) is 0 Å². The van der Waals surface area contributed by atoms with Crippen molar-refractivity contribution in [3.05, 3.63) is 29.6 Å². The molecule has 0 saturated heterocycles. The highest BCUT2D eigenvalue weighted by molar-refractivity contribution is 5.39. The fraction of sp³-hybridized carbons (Fsp3) is 0.273. The van der Waals surface area contributed by atoms with E-state index in [0.717, 1.165) is 0 Å². The first-order chi connectivity index (χ1) is 6.19. The van der Waals surface area contributed by atoms with Gasteiger partial charge >= 0.3 is 0 Å². The van der Waals surface area contributed by atoms with Crippen molar-refractivity contribution in [3.8, 4) is 18.1 Å². The lowest BCUT2D eigenvalue weighted by atomic mass is 10.0. The summed E-state index contributed by atoms with van der Waals surface area (Å²) >= 11 is 0. The summed E-state index contributed by atoms with van der Waals surface area (Å²) < 4.78 is 17.9.